The van der Waals surface area contributed by atoms with E-state index in [0.29, 0.717) is 6.42 Å². The number of nitrogens with one attached hydrogen (secondary N) is 1. The summed E-state index contributed by atoms with van der Waals surface area (Å²) < 4.78 is 0. The molecule has 0 bridgehead atoms. The molecule has 78 valence electrons. The average Bonchev–Trinajstić information content (AvgIpc) is 2.28. The van der Waals surface area contributed by atoms with Crippen molar-refractivity contribution in [3.63, 3.8) is 0 Å². The molecule has 0 radical (unpaired) electrons. The lowest BCUT2D eigenvalue weighted by molar-refractivity contribution is 0.271. The first kappa shape index (κ1) is 9.72. The Kier molecular flexibility index (Phi) is 2.42. The van der Waals surface area contributed by atoms with Crippen molar-refractivity contribution in [3.8, 4) is 0 Å². The normalized spacial score (nSPS) is 10.8. The van der Waals surface area contributed by atoms with E-state index in [0.717, 1.165) is 5.69 Å². The lowest BCUT2D eigenvalue weighted by Crippen LogP contribution is -2.14. The highest BCUT2D eigenvalue weighted by atomic mass is 16.3. The Morgan fingerprint density at radius 1 is 1.47 bits per heavy atom. The fourth-order valence-electron chi connectivity index (χ4n) is 1.24. The molecule has 0 aliphatic heterocycles. The zero-order valence-electron chi connectivity index (χ0n) is 8.19. The SMILES string of the molecule is CCc1cnc2nc(CO)[nH]c(=O)c2n1. The molecule has 2 heterocycles. The van der Waals surface area contributed by atoms with Gasteiger partial charge in [0.05, 0.1) is 11.9 Å². The third kappa shape index (κ3) is 1.71. The van der Waals surface area contributed by atoms with E-state index in [-0.39, 0.29) is 29.2 Å². The van der Waals surface area contributed by atoms with Crippen LogP contribution in [0.5, 0.6) is 0 Å². The molecule has 0 spiro atoms. The molecule has 6 nitrogen and oxygen atoms in total. The zero-order valence-corrected chi connectivity index (χ0v) is 8.19. The lowest BCUT2D eigenvalue weighted by Gasteiger charge is -2.00. The maximum absolute atomic E-state index is 11.5. The summed E-state index contributed by atoms with van der Waals surface area (Å²) in [4.78, 5) is 26.0. The van der Waals surface area contributed by atoms with Gasteiger partial charge in [-0.1, -0.05) is 6.92 Å². The average molecular weight is 206 g/mol. The van der Waals surface area contributed by atoms with Gasteiger partial charge in [-0.05, 0) is 6.42 Å². The van der Waals surface area contributed by atoms with Gasteiger partial charge < -0.3 is 10.1 Å². The number of rotatable bonds is 2. The zero-order chi connectivity index (χ0) is 10.8. The maximum Gasteiger partial charge on any atom is 0.279 e. The molecule has 0 saturated carbocycles. The van der Waals surface area contributed by atoms with Crippen LogP contribution in [0.1, 0.15) is 18.4 Å². The Labute approximate surface area is 85.0 Å². The van der Waals surface area contributed by atoms with E-state index in [4.69, 9.17) is 5.11 Å². The van der Waals surface area contributed by atoms with Crippen molar-refractivity contribution in [1.82, 2.24) is 19.9 Å². The summed E-state index contributed by atoms with van der Waals surface area (Å²) in [7, 11) is 0. The van der Waals surface area contributed by atoms with Crippen LogP contribution in [0.3, 0.4) is 0 Å². The van der Waals surface area contributed by atoms with Crippen LogP contribution in [0, 0.1) is 0 Å². The Hall–Kier alpha value is -1.82. The van der Waals surface area contributed by atoms with E-state index >= 15 is 0 Å². The third-order valence-electron chi connectivity index (χ3n) is 2.03. The smallest absolute Gasteiger partial charge is 0.279 e. The second-order valence-electron chi connectivity index (χ2n) is 3.06. The Morgan fingerprint density at radius 3 is 2.93 bits per heavy atom. The molecule has 2 rings (SSSR count). The molecule has 0 fully saturated rings. The Balaban J connectivity index is 2.74. The van der Waals surface area contributed by atoms with Gasteiger partial charge in [-0.3, -0.25) is 4.79 Å². The van der Waals surface area contributed by atoms with E-state index in [9.17, 15) is 4.79 Å². The van der Waals surface area contributed by atoms with E-state index in [1.54, 1.807) is 6.20 Å². The minimum atomic E-state index is -0.369. The summed E-state index contributed by atoms with van der Waals surface area (Å²) in [6.07, 6.45) is 2.29. The molecule has 0 atom stereocenters. The van der Waals surface area contributed by atoms with E-state index in [1.165, 1.54) is 0 Å². The number of H-pyrrole nitrogens is 1. The second-order valence-corrected chi connectivity index (χ2v) is 3.06. The maximum atomic E-state index is 11.5. The van der Waals surface area contributed by atoms with Gasteiger partial charge in [0, 0.05) is 0 Å². The predicted molar refractivity (Wildman–Crippen MR) is 53.3 cm³/mol. The minimum absolute atomic E-state index is 0.200. The van der Waals surface area contributed by atoms with Crippen LogP contribution < -0.4 is 5.56 Å². The van der Waals surface area contributed by atoms with E-state index in [1.807, 2.05) is 6.92 Å². The highest BCUT2D eigenvalue weighted by Crippen LogP contribution is 2.02. The predicted octanol–water partition coefficient (Wildman–Crippen LogP) is -0.232. The van der Waals surface area contributed by atoms with Crippen molar-refractivity contribution >= 4 is 11.2 Å². The molecule has 0 saturated heterocycles. The summed E-state index contributed by atoms with van der Waals surface area (Å²) >= 11 is 0. The number of aromatic nitrogens is 4. The highest BCUT2D eigenvalue weighted by molar-refractivity contribution is 5.67. The fourth-order valence-corrected chi connectivity index (χ4v) is 1.24. The van der Waals surface area contributed by atoms with Gasteiger partial charge in [-0.15, -0.1) is 0 Å². The first-order chi connectivity index (χ1) is 7.24. The van der Waals surface area contributed by atoms with Crippen LogP contribution in [0.4, 0.5) is 0 Å². The number of aromatic amines is 1. The minimum Gasteiger partial charge on any atom is -0.388 e. The number of aryl methyl sites for hydroxylation is 1. The number of nitrogens with zero attached hydrogens (tertiary/aromatic N) is 3. The number of hydrogen-bond acceptors (Lipinski definition) is 5. The summed E-state index contributed by atoms with van der Waals surface area (Å²) in [6.45, 7) is 1.61. The topological polar surface area (TPSA) is 91.8 Å². The Bertz CT molecular complexity index is 549. The van der Waals surface area contributed by atoms with Crippen molar-refractivity contribution in [2.24, 2.45) is 0 Å². The molecule has 0 amide bonds. The summed E-state index contributed by atoms with van der Waals surface area (Å²) in [5.41, 5.74) is 0.852. The van der Waals surface area contributed by atoms with Gasteiger partial charge in [0.25, 0.3) is 5.56 Å². The Morgan fingerprint density at radius 2 is 2.27 bits per heavy atom. The molecule has 0 aliphatic rings. The monoisotopic (exact) mass is 206 g/mol. The third-order valence-corrected chi connectivity index (χ3v) is 2.03. The molecule has 2 N–H and O–H groups in total. The summed E-state index contributed by atoms with van der Waals surface area (Å²) in [6, 6.07) is 0. The first-order valence-electron chi connectivity index (χ1n) is 4.60. The standard InChI is InChI=1S/C9H10N4O2/c1-2-5-3-10-8-7(11-5)9(15)13-6(4-14)12-8/h3,14H,2,4H2,1H3,(H,10,12,13,15). The van der Waals surface area contributed by atoms with Gasteiger partial charge >= 0.3 is 0 Å². The summed E-state index contributed by atoms with van der Waals surface area (Å²) in [5, 5.41) is 8.84. The van der Waals surface area contributed by atoms with E-state index < -0.39 is 0 Å². The van der Waals surface area contributed by atoms with Crippen LogP contribution in [0.2, 0.25) is 0 Å². The molecule has 2 aromatic rings. The second kappa shape index (κ2) is 3.74. The first-order valence-corrected chi connectivity index (χ1v) is 4.60. The number of fused-ring (bicyclic) bond motifs is 1. The van der Waals surface area contributed by atoms with Crippen molar-refractivity contribution in [1.29, 1.82) is 0 Å². The largest absolute Gasteiger partial charge is 0.388 e. The van der Waals surface area contributed by atoms with Crippen molar-refractivity contribution in [2.75, 3.05) is 0 Å². The number of aliphatic hydroxyl groups is 1. The molecular weight excluding hydrogens is 196 g/mol. The fraction of sp³-hybridized carbons (Fsp3) is 0.333. The van der Waals surface area contributed by atoms with Gasteiger partial charge in [0.15, 0.2) is 11.2 Å². The van der Waals surface area contributed by atoms with E-state index in [2.05, 4.69) is 19.9 Å². The van der Waals surface area contributed by atoms with Crippen molar-refractivity contribution in [2.45, 2.75) is 20.0 Å². The van der Waals surface area contributed by atoms with Crippen LogP contribution in [-0.4, -0.2) is 25.0 Å². The number of hydrogen-bond donors (Lipinski definition) is 2. The van der Waals surface area contributed by atoms with Crippen molar-refractivity contribution < 1.29 is 5.11 Å². The number of aliphatic hydroxyl groups excluding tert-OH is 1. The van der Waals surface area contributed by atoms with Crippen LogP contribution in [-0.2, 0) is 13.0 Å². The van der Waals surface area contributed by atoms with Crippen LogP contribution in [0.25, 0.3) is 11.2 Å². The van der Waals surface area contributed by atoms with Gasteiger partial charge in [-0.2, -0.15) is 0 Å². The molecule has 6 heteroatoms. The van der Waals surface area contributed by atoms with Crippen LogP contribution in [0.15, 0.2) is 11.0 Å². The van der Waals surface area contributed by atoms with Crippen molar-refractivity contribution in [3.05, 3.63) is 28.1 Å². The molecule has 2 aromatic heterocycles. The quantitative estimate of drug-likeness (QED) is 0.708. The molecule has 0 aromatic carbocycles. The molecule has 0 unspecified atom stereocenters. The van der Waals surface area contributed by atoms with Crippen LogP contribution >= 0.6 is 0 Å². The molecule has 0 aliphatic carbocycles. The molecule has 15 heavy (non-hydrogen) atoms. The molecular formula is C9H10N4O2. The van der Waals surface area contributed by atoms with Gasteiger partial charge in [0.2, 0.25) is 0 Å². The van der Waals surface area contributed by atoms with Gasteiger partial charge in [0.1, 0.15) is 12.4 Å². The van der Waals surface area contributed by atoms with Gasteiger partial charge in [-0.25, -0.2) is 15.0 Å². The summed E-state index contributed by atoms with van der Waals surface area (Å²) in [5.74, 6) is 0.200. The lowest BCUT2D eigenvalue weighted by atomic mass is 10.3. The highest BCUT2D eigenvalue weighted by Gasteiger charge is 2.06.